The second-order valence-corrected chi connectivity index (χ2v) is 68.8. The van der Waals surface area contributed by atoms with E-state index in [4.69, 9.17) is 61.4 Å². The van der Waals surface area contributed by atoms with Gasteiger partial charge in [-0.1, -0.05) is 272 Å². The van der Waals surface area contributed by atoms with Crippen LogP contribution in [0.4, 0.5) is 0 Å². The van der Waals surface area contributed by atoms with Crippen LogP contribution >= 0.6 is 126 Å². The van der Waals surface area contributed by atoms with E-state index in [2.05, 4.69) is 149 Å². The summed E-state index contributed by atoms with van der Waals surface area (Å²) in [5.41, 5.74) is -2.10. The minimum absolute atomic E-state index is 0. The molecule has 0 heterocycles. The molecule has 0 aromatic heterocycles. The van der Waals surface area contributed by atoms with Crippen molar-refractivity contribution in [3.05, 3.63) is 34.9 Å². The molecule has 0 aromatic carbocycles. The summed E-state index contributed by atoms with van der Waals surface area (Å²) < 4.78 is 52.8. The van der Waals surface area contributed by atoms with E-state index in [-0.39, 0.29) is 69.0 Å². The van der Waals surface area contributed by atoms with E-state index in [1.54, 1.807) is 145 Å². The monoisotopic (exact) mass is 2100 g/mol. The third-order valence-corrected chi connectivity index (χ3v) is 48.6. The molecule has 0 spiro atoms. The highest BCUT2D eigenvalue weighted by molar-refractivity contribution is 7.89. The van der Waals surface area contributed by atoms with E-state index in [9.17, 15) is 93.0 Å². The van der Waals surface area contributed by atoms with Gasteiger partial charge in [-0.2, -0.15) is 0 Å². The van der Waals surface area contributed by atoms with Gasteiger partial charge in [-0.3, -0.25) is 0 Å². The second kappa shape index (κ2) is 58.4. The van der Waals surface area contributed by atoms with E-state index in [0.717, 1.165) is 0 Å². The van der Waals surface area contributed by atoms with E-state index in [1.165, 1.54) is 41.5 Å². The molecule has 122 heavy (non-hydrogen) atoms. The Morgan fingerprint density at radius 2 is 0.418 bits per heavy atom. The van der Waals surface area contributed by atoms with Crippen molar-refractivity contribution in [3.63, 3.8) is 0 Å². The van der Waals surface area contributed by atoms with Gasteiger partial charge in [0.25, 0.3) is 0 Å². The van der Waals surface area contributed by atoms with Crippen molar-refractivity contribution in [2.75, 3.05) is 0 Å². The molecule has 17 unspecified atom stereocenters. The Hall–Kier alpha value is 2.84. The maximum Gasteiger partial charge on any atom is 0.0627 e. The summed E-state index contributed by atoms with van der Waals surface area (Å²) in [6.45, 7) is 53.0. The van der Waals surface area contributed by atoms with Gasteiger partial charge in [-0.25, -0.2) is 0 Å². The highest BCUT2D eigenvalue weighted by Crippen LogP contribution is 2.73. The molecule has 0 aromatic rings. The summed E-state index contributed by atoms with van der Waals surface area (Å²) in [7, 11) is -63.5. The fraction of sp³-hybridized carbons (Fsp3) is 0.662. The van der Waals surface area contributed by atoms with Crippen LogP contribution in [-0.2, 0) is 49.3 Å². The maximum absolute atomic E-state index is 12.4. The Balaban J connectivity index is -0.0000000816. The molecule has 0 saturated heterocycles. The molecule has 54 heteroatoms. The maximum atomic E-state index is 12.4. The summed E-state index contributed by atoms with van der Waals surface area (Å²) in [5, 5.41) is -1.35. The van der Waals surface area contributed by atoms with E-state index < -0.39 is 185 Å². The first-order valence-electron chi connectivity index (χ1n) is 32.9. The fourth-order valence-electron chi connectivity index (χ4n) is 5.85. The SMILES string of the molecule is C.C.C.C.C.C.C=C(P(=C)([O-])O)P(=C)([O-])OC(C)(C)C.C=C(P(=C)([O-])O)P(=C)([O-])OC(C)(C)C.C=C(P(=C)([O-])OC(C)C)P(=C)([O-])OP(=C)([O-])O.C=P([O-])(O)C(C)(C)P(=C)([O-])OC(C)(C)C.C=P([O-])(O)C(C)(C)P(=C)([O-])OC(C)C.C=P([O-])(O)OC(C)C.C=P([O-])(O)OC(C)C.C=P([O-])(O)OC(C)C.C=P([O-])(O)OP(=C)([O-])C(C)(C)P(=C)([O-])OC(C)C. The van der Waals surface area contributed by atoms with E-state index >= 15 is 0 Å². The van der Waals surface area contributed by atoms with Crippen molar-refractivity contribution in [1.82, 2.24) is 0 Å². The predicted molar refractivity (Wildman–Crippen MR) is 531 cm³/mol. The van der Waals surface area contributed by atoms with Gasteiger partial charge in [-0.15, -0.1) is 0 Å². The Bertz CT molecular complexity index is 3860. The third-order valence-electron chi connectivity index (χ3n) is 11.5. The normalized spacial score (nSPS) is 20.2. The average molecular weight is 2100 g/mol. The van der Waals surface area contributed by atoms with Gasteiger partial charge in [0.2, 0.25) is 0 Å². The fourth-order valence-corrected chi connectivity index (χ4v) is 30.8. The molecular formula is C68H160O37P17-17. The van der Waals surface area contributed by atoms with Crippen molar-refractivity contribution in [2.45, 2.75) is 300 Å². The van der Waals surface area contributed by atoms with Crippen LogP contribution in [0.2, 0.25) is 0 Å². The zero-order valence-electron chi connectivity index (χ0n) is 72.2. The lowest BCUT2D eigenvalue weighted by Crippen LogP contribution is -2.36. The van der Waals surface area contributed by atoms with Gasteiger partial charge in [0, 0.05) is 52.5 Å². The van der Waals surface area contributed by atoms with Crippen molar-refractivity contribution in [2.24, 2.45) is 0 Å². The third kappa shape index (κ3) is 78.1. The quantitative estimate of drug-likeness (QED) is 0.0374. The van der Waals surface area contributed by atoms with Gasteiger partial charge in [-0.05, 0) is 190 Å². The van der Waals surface area contributed by atoms with Gasteiger partial charge in [0.05, 0.1) is 53.4 Å². The minimum Gasteiger partial charge on any atom is -0.809 e. The van der Waals surface area contributed by atoms with Crippen LogP contribution in [-0.4, -0.2) is 219 Å². The highest BCUT2D eigenvalue weighted by Gasteiger charge is 2.36. The number of hydrogen-bond acceptors (Lipinski definition) is 37. The molecule has 0 amide bonds. The van der Waals surface area contributed by atoms with Crippen molar-refractivity contribution < 1.29 is 177 Å². The molecule has 0 radical (unpaired) electrons. The first-order chi connectivity index (χ1) is 49.0. The summed E-state index contributed by atoms with van der Waals surface area (Å²) in [6, 6.07) is 0. The second-order valence-electron chi connectivity index (χ2n) is 30.8. The number of rotatable bonds is 31. The molecule has 0 fully saturated rings. The Labute approximate surface area is 739 Å². The smallest absolute Gasteiger partial charge is 0.0627 e. The van der Waals surface area contributed by atoms with Crippen LogP contribution < -0.4 is 83.2 Å². The van der Waals surface area contributed by atoms with Crippen molar-refractivity contribution >= 4 is 233 Å². The lowest BCUT2D eigenvalue weighted by atomic mass is 10.2. The molecule has 0 aliphatic carbocycles. The molecule has 0 aliphatic rings. The Morgan fingerprint density at radius 1 is 0.230 bits per heavy atom. The van der Waals surface area contributed by atoms with Crippen LogP contribution in [0.1, 0.15) is 232 Å². The topological polar surface area (TPSA) is 676 Å². The molecule has 0 saturated carbocycles. The first-order valence-corrected chi connectivity index (χ1v) is 63.5. The first kappa shape index (κ1) is 159. The van der Waals surface area contributed by atoms with Crippen molar-refractivity contribution in [1.29, 1.82) is 0 Å². The lowest BCUT2D eigenvalue weighted by Gasteiger charge is -2.57. The zero-order valence-corrected chi connectivity index (χ0v) is 87.4. The van der Waals surface area contributed by atoms with Crippen LogP contribution in [0.5, 0.6) is 0 Å². The highest BCUT2D eigenvalue weighted by atomic mass is 31.3. The van der Waals surface area contributed by atoms with E-state index in [1.807, 2.05) is 0 Å². The lowest BCUT2D eigenvalue weighted by molar-refractivity contribution is -0.214. The molecule has 9 N–H and O–H groups in total. The van der Waals surface area contributed by atoms with Gasteiger partial charge in [0.15, 0.2) is 0 Å². The average Bonchev–Trinajstić information content (AvgIpc) is 0.748. The largest absolute Gasteiger partial charge is 0.809 e. The molecule has 756 valence electrons. The van der Waals surface area contributed by atoms with Crippen molar-refractivity contribution in [3.8, 4) is 0 Å². The predicted octanol–water partition coefficient (Wildman–Crippen LogP) is 5.73. The van der Waals surface area contributed by atoms with Gasteiger partial charge in [0.1, 0.15) is 0 Å². The summed E-state index contributed by atoms with van der Waals surface area (Å²) in [5.74, 6) is 0. The molecular weight excluding hydrogens is 1940 g/mol. The molecule has 37 nitrogen and oxygen atoms in total. The van der Waals surface area contributed by atoms with Gasteiger partial charge >= 0.3 is 0 Å². The summed E-state index contributed by atoms with van der Waals surface area (Å²) in [6.07, 6.45) is 51.2. The van der Waals surface area contributed by atoms with Crippen LogP contribution in [0.25, 0.3) is 0 Å². The Morgan fingerprint density at radius 3 is 0.566 bits per heavy atom. The molecule has 0 aliphatic heterocycles. The van der Waals surface area contributed by atoms with Crippen LogP contribution in [0, 0.1) is 0 Å². The summed E-state index contributed by atoms with van der Waals surface area (Å²) >= 11 is 0. The van der Waals surface area contributed by atoms with E-state index in [0.29, 0.717) is 0 Å². The zero-order chi connectivity index (χ0) is 97.5. The number of hydrogen-bond donors (Lipinski definition) is 9. The molecule has 0 rings (SSSR count). The van der Waals surface area contributed by atoms with Gasteiger partial charge < -0.3 is 177 Å². The summed E-state index contributed by atoms with van der Waals surface area (Å²) in [4.78, 5) is 270. The van der Waals surface area contributed by atoms with Crippen LogP contribution in [0.3, 0.4) is 0 Å². The Kier molecular flexibility index (Phi) is 76.0. The minimum atomic E-state index is -4.29. The molecule has 17 atom stereocenters. The van der Waals surface area contributed by atoms with Crippen LogP contribution in [0.15, 0.2) is 34.9 Å². The standard InChI is InChI=1S/C9H20O6P3.C9H20O4P2.C8H16O6P3.2C8H16O4P2.C8H18O4P2.3C4H10O3P.6CH4/c1-8(2)14-16(5,10)9(3,4)17(6,11)15-18(7,12)13;1-8(2,3)13-15(7,12)9(4,5)14(6,10)11;1-7(2)13-15(4,9)8(3)16(5,10)14-17(6,11)12;2*1-7(13(5,9)10)14(6,11)12-8(2,3)4;1-7(2)12-14(6,11)8(3,4)13(5,9)10;3*1-4(2)7-8(3,5)6;;;;;;/h8H,5-7H2,1-4H3,(H-3,10,11,12,13);6-7H2,1-5H3,(H-2,10,11,12);7H,3-6H2,1-2H3,(H-3,9,10,11,12);2*1,5-6H2,2-4H3,(H-2,9,10,11);7H,5-6H2,1-4H3,(H-2,9,10,11);3*4H,3H2,1-2H3,(H-,5,6);6*1H4/q-3;-2;-3;3*-2;3*-1;;;;;;. The molecule has 0 bridgehead atoms.